The lowest BCUT2D eigenvalue weighted by Gasteiger charge is -2.17. The Labute approximate surface area is 191 Å². The highest BCUT2D eigenvalue weighted by Gasteiger charge is 2.23. The van der Waals surface area contributed by atoms with E-state index < -0.39 is 17.7 Å². The molecule has 1 amide bonds. The maximum absolute atomic E-state index is 12.4. The third-order valence-corrected chi connectivity index (χ3v) is 5.87. The molecule has 0 bridgehead atoms. The second kappa shape index (κ2) is 9.90. The standard InChI is InChI=1S/C26H27NO6/c1-16-13-24(28)33-23-14-21(11-12-22(16)23)31-15-18-7-9-19(10-8-18)26(30)32-17(2)25(29)27-20-5-3-4-6-20/h7-14,17,20H,3-6,15H2,1-2H3,(H,27,29). The number of rotatable bonds is 7. The Bertz CT molecular complexity index is 1210. The molecule has 7 heteroatoms. The molecule has 4 rings (SSSR count). The van der Waals surface area contributed by atoms with Crippen molar-refractivity contribution in [3.05, 3.63) is 75.6 Å². The fourth-order valence-electron chi connectivity index (χ4n) is 3.97. The lowest BCUT2D eigenvalue weighted by Crippen LogP contribution is -2.40. The SMILES string of the molecule is Cc1cc(=O)oc2cc(OCc3ccc(C(=O)OC(C)C(=O)NC4CCCC4)cc3)ccc12. The summed E-state index contributed by atoms with van der Waals surface area (Å²) in [5, 5.41) is 3.79. The largest absolute Gasteiger partial charge is 0.489 e. The minimum Gasteiger partial charge on any atom is -0.489 e. The monoisotopic (exact) mass is 449 g/mol. The molecule has 1 fully saturated rings. The number of carbonyl (C=O) groups is 2. The summed E-state index contributed by atoms with van der Waals surface area (Å²) in [6.45, 7) is 3.71. The van der Waals surface area contributed by atoms with Crippen LogP contribution in [0, 0.1) is 6.92 Å². The van der Waals surface area contributed by atoms with Crippen LogP contribution in [0.15, 0.2) is 57.7 Å². The van der Waals surface area contributed by atoms with Crippen LogP contribution in [0.5, 0.6) is 5.75 Å². The van der Waals surface area contributed by atoms with E-state index in [0.29, 0.717) is 16.9 Å². The molecule has 3 aromatic rings. The van der Waals surface area contributed by atoms with E-state index in [4.69, 9.17) is 13.9 Å². The zero-order valence-corrected chi connectivity index (χ0v) is 18.8. The van der Waals surface area contributed by atoms with Gasteiger partial charge in [0.1, 0.15) is 17.9 Å². The summed E-state index contributed by atoms with van der Waals surface area (Å²) < 4.78 is 16.4. The minimum absolute atomic E-state index is 0.181. The van der Waals surface area contributed by atoms with Gasteiger partial charge in [-0.25, -0.2) is 9.59 Å². The quantitative estimate of drug-likeness (QED) is 0.427. The molecule has 1 heterocycles. The van der Waals surface area contributed by atoms with Crippen LogP contribution in [0.2, 0.25) is 0 Å². The van der Waals surface area contributed by atoms with Crippen LogP contribution in [0.3, 0.4) is 0 Å². The van der Waals surface area contributed by atoms with Gasteiger partial charge >= 0.3 is 11.6 Å². The molecule has 1 saturated carbocycles. The van der Waals surface area contributed by atoms with Gasteiger partial charge in [0.05, 0.1) is 5.56 Å². The van der Waals surface area contributed by atoms with Crippen LogP contribution in [0.1, 0.15) is 54.1 Å². The van der Waals surface area contributed by atoms with Crippen molar-refractivity contribution in [2.75, 3.05) is 0 Å². The highest BCUT2D eigenvalue weighted by atomic mass is 16.5. The van der Waals surface area contributed by atoms with Gasteiger partial charge in [0.2, 0.25) is 0 Å². The average molecular weight is 450 g/mol. The predicted octanol–water partition coefficient (Wildman–Crippen LogP) is 4.28. The Morgan fingerprint density at radius 1 is 1.09 bits per heavy atom. The lowest BCUT2D eigenvalue weighted by molar-refractivity contribution is -0.129. The number of hydrogen-bond donors (Lipinski definition) is 1. The Balaban J connectivity index is 1.32. The molecule has 172 valence electrons. The number of amides is 1. The topological polar surface area (TPSA) is 94.8 Å². The van der Waals surface area contributed by atoms with Gasteiger partial charge in [-0.05, 0) is 62.1 Å². The summed E-state index contributed by atoms with van der Waals surface area (Å²) in [6, 6.07) is 13.8. The first-order valence-corrected chi connectivity index (χ1v) is 11.2. The van der Waals surface area contributed by atoms with Gasteiger partial charge in [0, 0.05) is 23.6 Å². The van der Waals surface area contributed by atoms with E-state index in [9.17, 15) is 14.4 Å². The van der Waals surface area contributed by atoms with Crippen LogP contribution in [0.4, 0.5) is 0 Å². The van der Waals surface area contributed by atoms with Gasteiger partial charge in [0.25, 0.3) is 5.91 Å². The summed E-state index contributed by atoms with van der Waals surface area (Å²) in [5.74, 6) is -0.236. The molecule has 1 unspecified atom stereocenters. The van der Waals surface area contributed by atoms with E-state index in [0.717, 1.165) is 42.2 Å². The van der Waals surface area contributed by atoms with E-state index >= 15 is 0 Å². The van der Waals surface area contributed by atoms with Crippen LogP contribution >= 0.6 is 0 Å². The molecule has 1 aliphatic carbocycles. The van der Waals surface area contributed by atoms with Crippen molar-refractivity contribution in [1.29, 1.82) is 0 Å². The second-order valence-corrected chi connectivity index (χ2v) is 8.43. The summed E-state index contributed by atoms with van der Waals surface area (Å²) in [5.41, 5.74) is 2.14. The first kappa shape index (κ1) is 22.6. The zero-order chi connectivity index (χ0) is 23.4. The molecule has 0 saturated heterocycles. The molecular weight excluding hydrogens is 422 g/mol. The molecule has 2 aromatic carbocycles. The Hall–Kier alpha value is -3.61. The predicted molar refractivity (Wildman–Crippen MR) is 123 cm³/mol. The number of ether oxygens (including phenoxy) is 2. The fraction of sp³-hybridized carbons (Fsp3) is 0.346. The van der Waals surface area contributed by atoms with Crippen molar-refractivity contribution >= 4 is 22.8 Å². The smallest absolute Gasteiger partial charge is 0.338 e. The van der Waals surface area contributed by atoms with Gasteiger partial charge in [-0.1, -0.05) is 25.0 Å². The average Bonchev–Trinajstić information content (AvgIpc) is 3.30. The van der Waals surface area contributed by atoms with Crippen molar-refractivity contribution in [3.8, 4) is 5.75 Å². The summed E-state index contributed by atoms with van der Waals surface area (Å²) >= 11 is 0. The van der Waals surface area contributed by atoms with Crippen molar-refractivity contribution < 1.29 is 23.5 Å². The van der Waals surface area contributed by atoms with Crippen molar-refractivity contribution in [2.45, 2.75) is 58.3 Å². The highest BCUT2D eigenvalue weighted by Crippen LogP contribution is 2.23. The van der Waals surface area contributed by atoms with E-state index in [1.54, 1.807) is 37.3 Å². The van der Waals surface area contributed by atoms with E-state index in [2.05, 4.69) is 5.32 Å². The highest BCUT2D eigenvalue weighted by molar-refractivity contribution is 5.92. The molecule has 33 heavy (non-hydrogen) atoms. The normalized spacial score (nSPS) is 14.7. The molecule has 0 radical (unpaired) electrons. The molecule has 1 aromatic heterocycles. The molecule has 0 aliphatic heterocycles. The molecule has 1 N–H and O–H groups in total. The van der Waals surface area contributed by atoms with Gasteiger partial charge in [-0.15, -0.1) is 0 Å². The summed E-state index contributed by atoms with van der Waals surface area (Å²) in [7, 11) is 0. The Kier molecular flexibility index (Phi) is 6.77. The van der Waals surface area contributed by atoms with Crippen molar-refractivity contribution in [3.63, 3.8) is 0 Å². The van der Waals surface area contributed by atoms with Crippen LogP contribution in [0.25, 0.3) is 11.0 Å². The minimum atomic E-state index is -0.849. The molecule has 1 atom stereocenters. The third kappa shape index (κ3) is 5.61. The first-order valence-electron chi connectivity index (χ1n) is 11.2. The van der Waals surface area contributed by atoms with Crippen LogP contribution in [-0.4, -0.2) is 24.0 Å². The first-order chi connectivity index (χ1) is 15.9. The summed E-state index contributed by atoms with van der Waals surface area (Å²) in [4.78, 5) is 36.2. The summed E-state index contributed by atoms with van der Waals surface area (Å²) in [6.07, 6.45) is 3.34. The van der Waals surface area contributed by atoms with Gasteiger partial charge < -0.3 is 19.2 Å². The number of benzene rings is 2. The van der Waals surface area contributed by atoms with Crippen LogP contribution in [-0.2, 0) is 16.1 Å². The number of fused-ring (bicyclic) bond motifs is 1. The number of nitrogens with one attached hydrogen (secondary N) is 1. The second-order valence-electron chi connectivity index (χ2n) is 8.43. The molecule has 7 nitrogen and oxygen atoms in total. The fourth-order valence-corrected chi connectivity index (χ4v) is 3.97. The van der Waals surface area contributed by atoms with E-state index in [1.165, 1.54) is 6.07 Å². The maximum atomic E-state index is 12.4. The van der Waals surface area contributed by atoms with Crippen LogP contribution < -0.4 is 15.7 Å². The molecular formula is C26H27NO6. The van der Waals surface area contributed by atoms with Gasteiger partial charge in [-0.2, -0.15) is 0 Å². The Morgan fingerprint density at radius 2 is 1.82 bits per heavy atom. The number of aryl methyl sites for hydroxylation is 1. The van der Waals surface area contributed by atoms with E-state index in [-0.39, 0.29) is 18.6 Å². The van der Waals surface area contributed by atoms with E-state index in [1.807, 2.05) is 19.1 Å². The molecule has 1 aliphatic rings. The van der Waals surface area contributed by atoms with Crippen molar-refractivity contribution in [1.82, 2.24) is 5.32 Å². The number of carbonyl (C=O) groups excluding carboxylic acids is 2. The number of hydrogen-bond acceptors (Lipinski definition) is 6. The molecule has 0 spiro atoms. The third-order valence-electron chi connectivity index (χ3n) is 5.87. The maximum Gasteiger partial charge on any atom is 0.338 e. The van der Waals surface area contributed by atoms with Crippen molar-refractivity contribution in [2.24, 2.45) is 0 Å². The van der Waals surface area contributed by atoms with Gasteiger partial charge in [-0.3, -0.25) is 4.79 Å². The zero-order valence-electron chi connectivity index (χ0n) is 18.8. The Morgan fingerprint density at radius 3 is 2.55 bits per heavy atom. The lowest BCUT2D eigenvalue weighted by atomic mass is 10.1. The number of esters is 1. The van der Waals surface area contributed by atoms with Gasteiger partial charge in [0.15, 0.2) is 6.10 Å².